The molecule has 0 amide bonds. The Kier molecular flexibility index (Phi) is 3.88. The molecule has 0 aromatic heterocycles. The molecule has 1 aliphatic heterocycles. The molecular formula is C17H20O3. The molecular weight excluding hydrogens is 252 g/mol. The number of aryl methyl sites for hydroxylation is 1. The van der Waals surface area contributed by atoms with Gasteiger partial charge in [-0.05, 0) is 61.4 Å². The van der Waals surface area contributed by atoms with Gasteiger partial charge in [-0.15, -0.1) is 0 Å². The predicted molar refractivity (Wildman–Crippen MR) is 77.3 cm³/mol. The fourth-order valence-corrected chi connectivity index (χ4v) is 3.11. The quantitative estimate of drug-likeness (QED) is 0.581. The van der Waals surface area contributed by atoms with Crippen LogP contribution in [0, 0.1) is 0 Å². The highest BCUT2D eigenvalue weighted by Crippen LogP contribution is 2.31. The van der Waals surface area contributed by atoms with E-state index in [2.05, 4.69) is 0 Å². The zero-order valence-corrected chi connectivity index (χ0v) is 11.9. The van der Waals surface area contributed by atoms with Crippen molar-refractivity contribution in [3.05, 3.63) is 40.5 Å². The molecule has 3 nitrogen and oxygen atoms in total. The van der Waals surface area contributed by atoms with Crippen molar-refractivity contribution in [1.82, 2.24) is 0 Å². The molecule has 2 aliphatic rings. The van der Waals surface area contributed by atoms with Crippen molar-refractivity contribution in [2.75, 3.05) is 20.3 Å². The van der Waals surface area contributed by atoms with E-state index >= 15 is 0 Å². The maximum absolute atomic E-state index is 12.8. The number of carbonyl (C=O) groups excluding carboxylic acids is 1. The molecule has 3 heteroatoms. The lowest BCUT2D eigenvalue weighted by molar-refractivity contribution is 0.101. The summed E-state index contributed by atoms with van der Waals surface area (Å²) >= 11 is 0. The standard InChI is InChI=1S/C17H20O3/c1-19-14-5-6-16-13(11-14)3-2-4-15(17(16)18)12-7-9-20-10-8-12/h5-6,11H,2-4,7-10H2,1H3. The van der Waals surface area contributed by atoms with Gasteiger partial charge >= 0.3 is 0 Å². The van der Waals surface area contributed by atoms with Crippen LogP contribution in [0.25, 0.3) is 0 Å². The van der Waals surface area contributed by atoms with Crippen LogP contribution in [0.2, 0.25) is 0 Å². The largest absolute Gasteiger partial charge is 0.497 e. The predicted octanol–water partition coefficient (Wildman–Crippen LogP) is 3.32. The minimum absolute atomic E-state index is 0.219. The maximum atomic E-state index is 12.8. The van der Waals surface area contributed by atoms with Gasteiger partial charge in [0.05, 0.1) is 20.3 Å². The second-order valence-corrected chi connectivity index (χ2v) is 5.40. The van der Waals surface area contributed by atoms with E-state index in [4.69, 9.17) is 9.47 Å². The normalized spacial score (nSPS) is 19.6. The van der Waals surface area contributed by atoms with Crippen LogP contribution in [0.5, 0.6) is 5.75 Å². The summed E-state index contributed by atoms with van der Waals surface area (Å²) < 4.78 is 10.7. The molecule has 0 spiro atoms. The van der Waals surface area contributed by atoms with Crippen molar-refractivity contribution in [2.45, 2.75) is 32.1 Å². The van der Waals surface area contributed by atoms with E-state index in [1.54, 1.807) is 7.11 Å². The Morgan fingerprint density at radius 3 is 2.65 bits per heavy atom. The summed E-state index contributed by atoms with van der Waals surface area (Å²) in [5.41, 5.74) is 4.33. The van der Waals surface area contributed by atoms with E-state index in [0.29, 0.717) is 0 Å². The molecule has 1 heterocycles. The number of methoxy groups -OCH3 is 1. The first-order valence-electron chi connectivity index (χ1n) is 7.30. The summed E-state index contributed by atoms with van der Waals surface area (Å²) in [5.74, 6) is 1.05. The van der Waals surface area contributed by atoms with E-state index in [1.165, 1.54) is 5.57 Å². The number of allylic oxidation sites excluding steroid dienone is 1. The van der Waals surface area contributed by atoms with Gasteiger partial charge in [-0.25, -0.2) is 0 Å². The number of ketones is 1. The van der Waals surface area contributed by atoms with E-state index in [1.807, 2.05) is 18.2 Å². The van der Waals surface area contributed by atoms with Crippen LogP contribution in [0.3, 0.4) is 0 Å². The van der Waals surface area contributed by atoms with Gasteiger partial charge in [-0.1, -0.05) is 5.57 Å². The summed E-state index contributed by atoms with van der Waals surface area (Å²) in [6.45, 7) is 1.50. The molecule has 1 fully saturated rings. The summed E-state index contributed by atoms with van der Waals surface area (Å²) in [4.78, 5) is 12.8. The molecule has 0 radical (unpaired) electrons. The van der Waals surface area contributed by atoms with Gasteiger partial charge in [0.1, 0.15) is 5.75 Å². The van der Waals surface area contributed by atoms with Crippen LogP contribution in [0.1, 0.15) is 41.6 Å². The van der Waals surface area contributed by atoms with Gasteiger partial charge in [0, 0.05) is 5.56 Å². The van der Waals surface area contributed by atoms with Gasteiger partial charge in [0.2, 0.25) is 0 Å². The highest BCUT2D eigenvalue weighted by molar-refractivity contribution is 6.10. The molecule has 0 bridgehead atoms. The highest BCUT2D eigenvalue weighted by atomic mass is 16.5. The fourth-order valence-electron chi connectivity index (χ4n) is 3.11. The van der Waals surface area contributed by atoms with Crippen LogP contribution in [-0.4, -0.2) is 26.1 Å². The summed E-state index contributed by atoms with van der Waals surface area (Å²) in [5, 5.41) is 0. The molecule has 0 N–H and O–H groups in total. The Bertz CT molecular complexity index is 549. The first-order valence-corrected chi connectivity index (χ1v) is 7.30. The minimum Gasteiger partial charge on any atom is -0.497 e. The van der Waals surface area contributed by atoms with Crippen LogP contribution in [0.4, 0.5) is 0 Å². The number of rotatable bonds is 1. The molecule has 1 aromatic carbocycles. The molecule has 0 atom stereocenters. The average molecular weight is 272 g/mol. The maximum Gasteiger partial charge on any atom is 0.189 e. The first-order chi connectivity index (χ1) is 9.79. The smallest absolute Gasteiger partial charge is 0.189 e. The van der Waals surface area contributed by atoms with Crippen LogP contribution >= 0.6 is 0 Å². The van der Waals surface area contributed by atoms with Crippen LogP contribution in [0.15, 0.2) is 29.3 Å². The molecule has 3 rings (SSSR count). The van der Waals surface area contributed by atoms with Gasteiger partial charge in [-0.3, -0.25) is 4.79 Å². The molecule has 106 valence electrons. The highest BCUT2D eigenvalue weighted by Gasteiger charge is 2.24. The molecule has 0 saturated carbocycles. The first kappa shape index (κ1) is 13.4. The van der Waals surface area contributed by atoms with Crippen LogP contribution < -0.4 is 4.74 Å². The SMILES string of the molecule is COc1ccc2c(c1)CCCC(=C1CCOCC1)C2=O. The van der Waals surface area contributed by atoms with Gasteiger partial charge < -0.3 is 9.47 Å². The minimum atomic E-state index is 0.219. The topological polar surface area (TPSA) is 35.5 Å². The van der Waals surface area contributed by atoms with Gasteiger partial charge in [-0.2, -0.15) is 0 Å². The molecule has 20 heavy (non-hydrogen) atoms. The number of ether oxygens (including phenoxy) is 2. The molecule has 1 aliphatic carbocycles. The second kappa shape index (κ2) is 5.80. The van der Waals surface area contributed by atoms with Crippen molar-refractivity contribution in [2.24, 2.45) is 0 Å². The third kappa shape index (κ3) is 2.50. The Morgan fingerprint density at radius 2 is 1.90 bits per heavy atom. The van der Waals surface area contributed by atoms with Crippen molar-refractivity contribution >= 4 is 5.78 Å². The van der Waals surface area contributed by atoms with E-state index < -0.39 is 0 Å². The van der Waals surface area contributed by atoms with Crippen molar-refractivity contribution < 1.29 is 14.3 Å². The number of fused-ring (bicyclic) bond motifs is 1. The third-order valence-electron chi connectivity index (χ3n) is 4.23. The summed E-state index contributed by atoms with van der Waals surface area (Å²) in [7, 11) is 1.66. The Labute approximate surface area is 119 Å². The van der Waals surface area contributed by atoms with Crippen molar-refractivity contribution in [3.63, 3.8) is 0 Å². The Hall–Kier alpha value is -1.61. The van der Waals surface area contributed by atoms with Crippen molar-refractivity contribution in [1.29, 1.82) is 0 Å². The lowest BCUT2D eigenvalue weighted by Gasteiger charge is -2.18. The van der Waals surface area contributed by atoms with E-state index in [0.717, 1.165) is 67.8 Å². The monoisotopic (exact) mass is 272 g/mol. The zero-order valence-electron chi connectivity index (χ0n) is 11.9. The molecule has 1 saturated heterocycles. The van der Waals surface area contributed by atoms with E-state index in [9.17, 15) is 4.79 Å². The summed E-state index contributed by atoms with van der Waals surface area (Å²) in [6.07, 6.45) is 4.70. The molecule has 0 unspecified atom stereocenters. The zero-order chi connectivity index (χ0) is 13.9. The molecule has 1 aromatic rings. The number of hydrogen-bond acceptors (Lipinski definition) is 3. The van der Waals surface area contributed by atoms with Crippen molar-refractivity contribution in [3.8, 4) is 5.75 Å². The number of carbonyl (C=O) groups is 1. The lowest BCUT2D eigenvalue weighted by Crippen LogP contribution is -2.13. The average Bonchev–Trinajstić information content (AvgIpc) is 2.67. The van der Waals surface area contributed by atoms with Crippen LogP contribution in [-0.2, 0) is 11.2 Å². The lowest BCUT2D eigenvalue weighted by atomic mass is 9.92. The summed E-state index contributed by atoms with van der Waals surface area (Å²) in [6, 6.07) is 5.81. The van der Waals surface area contributed by atoms with E-state index in [-0.39, 0.29) is 5.78 Å². The van der Waals surface area contributed by atoms with Gasteiger partial charge in [0.25, 0.3) is 0 Å². The fraction of sp³-hybridized carbons (Fsp3) is 0.471. The number of hydrogen-bond donors (Lipinski definition) is 0. The Morgan fingerprint density at radius 1 is 1.10 bits per heavy atom. The second-order valence-electron chi connectivity index (χ2n) is 5.40. The number of benzene rings is 1. The third-order valence-corrected chi connectivity index (χ3v) is 4.23. The Balaban J connectivity index is 1.99. The van der Waals surface area contributed by atoms with Gasteiger partial charge in [0.15, 0.2) is 5.78 Å². The number of Topliss-reactive ketones (excluding diaryl/α,β-unsaturated/α-hetero) is 1.